The van der Waals surface area contributed by atoms with Crippen LogP contribution >= 0.6 is 0 Å². The Morgan fingerprint density at radius 2 is 2.27 bits per heavy atom. The summed E-state index contributed by atoms with van der Waals surface area (Å²) in [4.78, 5) is 2.41. The summed E-state index contributed by atoms with van der Waals surface area (Å²) in [6, 6.07) is 8.89. The van der Waals surface area contributed by atoms with Crippen LogP contribution < -0.4 is 5.32 Å². The minimum Gasteiger partial charge on any atom is -0.315 e. The van der Waals surface area contributed by atoms with E-state index in [2.05, 4.69) is 48.5 Å². The van der Waals surface area contributed by atoms with E-state index in [9.17, 15) is 0 Å². The van der Waals surface area contributed by atoms with E-state index >= 15 is 0 Å². The van der Waals surface area contributed by atoms with Gasteiger partial charge >= 0.3 is 0 Å². The molecular formula is C13H20N2. The fourth-order valence-corrected chi connectivity index (χ4v) is 2.23. The highest BCUT2D eigenvalue weighted by Crippen LogP contribution is 2.18. The topological polar surface area (TPSA) is 15.3 Å². The average Bonchev–Trinajstić information content (AvgIpc) is 2.43. The smallest absolute Gasteiger partial charge is 0.0104 e. The number of nitrogens with zero attached hydrogens (tertiary/aromatic N) is 1. The van der Waals surface area contributed by atoms with Crippen molar-refractivity contribution in [1.29, 1.82) is 0 Å². The molecule has 1 unspecified atom stereocenters. The minimum absolute atomic E-state index is 0.636. The normalized spacial score (nSPS) is 23.7. The molecule has 0 spiro atoms. The fourth-order valence-electron chi connectivity index (χ4n) is 2.23. The summed E-state index contributed by atoms with van der Waals surface area (Å²) in [5.41, 5.74) is 2.83. The van der Waals surface area contributed by atoms with Gasteiger partial charge in [0.15, 0.2) is 0 Å². The number of aryl methyl sites for hydroxylation is 1. The van der Waals surface area contributed by atoms with Crippen molar-refractivity contribution in [2.24, 2.45) is 0 Å². The van der Waals surface area contributed by atoms with E-state index < -0.39 is 0 Å². The van der Waals surface area contributed by atoms with Gasteiger partial charge in [-0.05, 0) is 19.5 Å². The molecule has 1 atom stereocenters. The highest BCUT2D eigenvalue weighted by molar-refractivity contribution is 5.26. The van der Waals surface area contributed by atoms with Crippen LogP contribution in [-0.2, 0) is 0 Å². The molecular weight excluding hydrogens is 184 g/mol. The molecule has 15 heavy (non-hydrogen) atoms. The van der Waals surface area contributed by atoms with Gasteiger partial charge < -0.3 is 10.2 Å². The zero-order chi connectivity index (χ0) is 10.7. The quantitative estimate of drug-likeness (QED) is 0.747. The predicted octanol–water partition coefficient (Wildman–Crippen LogP) is 1.61. The van der Waals surface area contributed by atoms with E-state index in [1.807, 2.05) is 0 Å². The van der Waals surface area contributed by atoms with E-state index in [1.54, 1.807) is 0 Å². The molecule has 0 aromatic heterocycles. The second kappa shape index (κ2) is 4.77. The maximum Gasteiger partial charge on any atom is 0.0104 e. The molecule has 1 N–H and O–H groups in total. The maximum absolute atomic E-state index is 3.50. The summed E-state index contributed by atoms with van der Waals surface area (Å²) in [6.45, 7) is 6.70. The zero-order valence-corrected chi connectivity index (χ0v) is 9.66. The molecule has 1 saturated heterocycles. The minimum atomic E-state index is 0.636. The molecule has 1 heterocycles. The molecule has 2 nitrogen and oxygen atoms in total. The standard InChI is InChI=1S/C13H20N2/c1-11-4-3-5-12(8-11)13-9-14-6-7-15(2)10-13/h3-5,8,13-14H,6-7,9-10H2,1-2H3. The molecule has 1 aromatic carbocycles. The Kier molecular flexibility index (Phi) is 3.39. The van der Waals surface area contributed by atoms with Crippen molar-refractivity contribution in [2.75, 3.05) is 33.2 Å². The number of nitrogens with one attached hydrogen (secondary N) is 1. The summed E-state index contributed by atoms with van der Waals surface area (Å²) in [5.74, 6) is 0.636. The lowest BCUT2D eigenvalue weighted by Crippen LogP contribution is -2.24. The van der Waals surface area contributed by atoms with E-state index in [0.717, 1.165) is 26.2 Å². The molecule has 82 valence electrons. The molecule has 0 saturated carbocycles. The van der Waals surface area contributed by atoms with Gasteiger partial charge in [0.2, 0.25) is 0 Å². The predicted molar refractivity (Wildman–Crippen MR) is 64.3 cm³/mol. The Hall–Kier alpha value is -0.860. The third kappa shape index (κ3) is 2.80. The molecule has 1 aliphatic rings. The Balaban J connectivity index is 2.14. The van der Waals surface area contributed by atoms with Gasteiger partial charge in [0.25, 0.3) is 0 Å². The van der Waals surface area contributed by atoms with Crippen molar-refractivity contribution in [3.63, 3.8) is 0 Å². The van der Waals surface area contributed by atoms with Crippen molar-refractivity contribution >= 4 is 0 Å². The number of rotatable bonds is 1. The van der Waals surface area contributed by atoms with E-state index in [0.29, 0.717) is 5.92 Å². The molecule has 1 aliphatic heterocycles. The molecule has 1 fully saturated rings. The summed E-state index contributed by atoms with van der Waals surface area (Å²) in [7, 11) is 2.20. The SMILES string of the molecule is Cc1cccc(C2CNCCN(C)C2)c1. The van der Waals surface area contributed by atoms with Crippen LogP contribution in [0.15, 0.2) is 24.3 Å². The van der Waals surface area contributed by atoms with Crippen molar-refractivity contribution in [2.45, 2.75) is 12.8 Å². The largest absolute Gasteiger partial charge is 0.315 e. The first-order valence-electron chi connectivity index (χ1n) is 5.71. The Morgan fingerprint density at radius 1 is 1.40 bits per heavy atom. The maximum atomic E-state index is 3.50. The molecule has 0 bridgehead atoms. The second-order valence-corrected chi connectivity index (χ2v) is 4.58. The van der Waals surface area contributed by atoms with Gasteiger partial charge in [-0.3, -0.25) is 0 Å². The van der Waals surface area contributed by atoms with Gasteiger partial charge in [0, 0.05) is 32.1 Å². The van der Waals surface area contributed by atoms with Crippen molar-refractivity contribution in [3.05, 3.63) is 35.4 Å². The highest BCUT2D eigenvalue weighted by Gasteiger charge is 2.16. The van der Waals surface area contributed by atoms with Gasteiger partial charge in [0.05, 0.1) is 0 Å². The number of benzene rings is 1. The van der Waals surface area contributed by atoms with Crippen LogP contribution in [0.5, 0.6) is 0 Å². The summed E-state index contributed by atoms with van der Waals surface area (Å²) in [5, 5.41) is 3.50. The first kappa shape index (κ1) is 10.7. The first-order valence-corrected chi connectivity index (χ1v) is 5.71. The van der Waals surface area contributed by atoms with Crippen LogP contribution in [0, 0.1) is 6.92 Å². The molecule has 1 aromatic rings. The number of hydrogen-bond acceptors (Lipinski definition) is 2. The monoisotopic (exact) mass is 204 g/mol. The third-order valence-corrected chi connectivity index (χ3v) is 3.11. The van der Waals surface area contributed by atoms with Gasteiger partial charge in [-0.2, -0.15) is 0 Å². The lowest BCUT2D eigenvalue weighted by Gasteiger charge is -2.20. The van der Waals surface area contributed by atoms with Gasteiger partial charge in [-0.25, -0.2) is 0 Å². The molecule has 0 aliphatic carbocycles. The lowest BCUT2D eigenvalue weighted by molar-refractivity contribution is 0.342. The van der Waals surface area contributed by atoms with Crippen LogP contribution in [0.1, 0.15) is 17.0 Å². The number of likely N-dealkylation sites (N-methyl/N-ethyl adjacent to an activating group) is 1. The summed E-state index contributed by atoms with van der Waals surface area (Å²) in [6.07, 6.45) is 0. The highest BCUT2D eigenvalue weighted by atomic mass is 15.1. The summed E-state index contributed by atoms with van der Waals surface area (Å²) >= 11 is 0. The van der Waals surface area contributed by atoms with Crippen LogP contribution in [0.25, 0.3) is 0 Å². The Morgan fingerprint density at radius 3 is 3.07 bits per heavy atom. The molecule has 0 radical (unpaired) electrons. The summed E-state index contributed by atoms with van der Waals surface area (Å²) < 4.78 is 0. The third-order valence-electron chi connectivity index (χ3n) is 3.11. The molecule has 0 amide bonds. The Bertz CT molecular complexity index is 322. The van der Waals surface area contributed by atoms with Crippen LogP contribution in [0.3, 0.4) is 0 Å². The van der Waals surface area contributed by atoms with Gasteiger partial charge in [0.1, 0.15) is 0 Å². The fraction of sp³-hybridized carbons (Fsp3) is 0.538. The van der Waals surface area contributed by atoms with Crippen LogP contribution in [0.4, 0.5) is 0 Å². The van der Waals surface area contributed by atoms with Crippen molar-refractivity contribution in [1.82, 2.24) is 10.2 Å². The Labute approximate surface area is 92.3 Å². The van der Waals surface area contributed by atoms with Crippen molar-refractivity contribution in [3.8, 4) is 0 Å². The molecule has 2 rings (SSSR count). The first-order chi connectivity index (χ1) is 7.25. The average molecular weight is 204 g/mol. The van der Waals surface area contributed by atoms with E-state index in [4.69, 9.17) is 0 Å². The van der Waals surface area contributed by atoms with Crippen LogP contribution in [0.2, 0.25) is 0 Å². The zero-order valence-electron chi connectivity index (χ0n) is 9.66. The number of hydrogen-bond donors (Lipinski definition) is 1. The van der Waals surface area contributed by atoms with Gasteiger partial charge in [-0.15, -0.1) is 0 Å². The molecule has 2 heteroatoms. The van der Waals surface area contributed by atoms with Gasteiger partial charge in [-0.1, -0.05) is 29.8 Å². The van der Waals surface area contributed by atoms with Crippen LogP contribution in [-0.4, -0.2) is 38.1 Å². The second-order valence-electron chi connectivity index (χ2n) is 4.58. The van der Waals surface area contributed by atoms with E-state index in [1.165, 1.54) is 11.1 Å². The van der Waals surface area contributed by atoms with Crippen molar-refractivity contribution < 1.29 is 0 Å². The van der Waals surface area contributed by atoms with E-state index in [-0.39, 0.29) is 0 Å². The lowest BCUT2D eigenvalue weighted by atomic mass is 9.97.